The van der Waals surface area contributed by atoms with E-state index in [1.54, 1.807) is 0 Å². The van der Waals surface area contributed by atoms with E-state index in [-0.39, 0.29) is 5.43 Å². The minimum atomic E-state index is 0.116. The summed E-state index contributed by atoms with van der Waals surface area (Å²) >= 11 is 6.20. The Bertz CT molecular complexity index is 948. The van der Waals surface area contributed by atoms with Crippen LogP contribution in [0.4, 0.5) is 0 Å². The number of benzene rings is 2. The number of aromatic amines is 1. The number of nitrogens with one attached hydrogen (secondary N) is 2. The van der Waals surface area contributed by atoms with Gasteiger partial charge in [0.15, 0.2) is 5.43 Å². The van der Waals surface area contributed by atoms with Crippen LogP contribution in [-0.2, 0) is 13.1 Å². The summed E-state index contributed by atoms with van der Waals surface area (Å²) in [7, 11) is 0. The van der Waals surface area contributed by atoms with Crippen LogP contribution in [0.5, 0.6) is 0 Å². The molecule has 0 spiro atoms. The summed E-state index contributed by atoms with van der Waals surface area (Å²) in [5, 5.41) is 1.40. The summed E-state index contributed by atoms with van der Waals surface area (Å²) in [5.41, 5.74) is 4.97. The number of halogens is 1. The molecule has 130 valence electrons. The van der Waals surface area contributed by atoms with Gasteiger partial charge < -0.3 is 9.88 Å². The van der Waals surface area contributed by atoms with Crippen LogP contribution in [0.3, 0.4) is 0 Å². The Morgan fingerprint density at radius 3 is 2.44 bits per heavy atom. The molecule has 3 rings (SSSR count). The average molecular weight is 356 g/mol. The van der Waals surface area contributed by atoms with E-state index < -0.39 is 0 Å². The SMILES string of the molecule is CC[NH+](Cc1ccccc1)Cc1c(C)[nH]c2c(C)c(Cl)ccc2c1=O. The minimum absolute atomic E-state index is 0.116. The molecule has 0 radical (unpaired) electrons. The molecule has 0 aliphatic rings. The van der Waals surface area contributed by atoms with Gasteiger partial charge in [-0.2, -0.15) is 0 Å². The second kappa shape index (κ2) is 7.42. The first kappa shape index (κ1) is 17.7. The molecular weight excluding hydrogens is 332 g/mol. The lowest BCUT2D eigenvalue weighted by Crippen LogP contribution is -3.09. The summed E-state index contributed by atoms with van der Waals surface area (Å²) in [4.78, 5) is 17.8. The number of fused-ring (bicyclic) bond motifs is 1. The van der Waals surface area contributed by atoms with E-state index >= 15 is 0 Å². The van der Waals surface area contributed by atoms with Crippen molar-refractivity contribution in [3.63, 3.8) is 0 Å². The fourth-order valence-corrected chi connectivity index (χ4v) is 3.45. The van der Waals surface area contributed by atoms with Crippen molar-refractivity contribution >= 4 is 22.5 Å². The van der Waals surface area contributed by atoms with Crippen molar-refractivity contribution in [2.45, 2.75) is 33.9 Å². The third-order valence-electron chi connectivity index (χ3n) is 4.91. The van der Waals surface area contributed by atoms with Gasteiger partial charge >= 0.3 is 0 Å². The van der Waals surface area contributed by atoms with Crippen molar-refractivity contribution in [2.24, 2.45) is 0 Å². The molecule has 3 aromatic rings. The number of aryl methyl sites for hydroxylation is 2. The number of hydrogen-bond acceptors (Lipinski definition) is 1. The Morgan fingerprint density at radius 1 is 1.04 bits per heavy atom. The second-order valence-corrected chi connectivity index (χ2v) is 7.00. The molecule has 2 aromatic carbocycles. The molecule has 1 aromatic heterocycles. The summed E-state index contributed by atoms with van der Waals surface area (Å²) in [6.45, 7) is 8.67. The number of pyridine rings is 1. The van der Waals surface area contributed by atoms with Gasteiger partial charge in [-0.05, 0) is 38.5 Å². The van der Waals surface area contributed by atoms with Gasteiger partial charge in [0, 0.05) is 21.7 Å². The zero-order valence-corrected chi connectivity index (χ0v) is 15.7. The normalized spacial score (nSPS) is 12.5. The van der Waals surface area contributed by atoms with Crippen LogP contribution in [0.25, 0.3) is 10.9 Å². The molecule has 2 N–H and O–H groups in total. The van der Waals surface area contributed by atoms with E-state index in [0.717, 1.165) is 40.8 Å². The largest absolute Gasteiger partial charge is 0.358 e. The Hall–Kier alpha value is -2.10. The van der Waals surface area contributed by atoms with E-state index in [9.17, 15) is 4.79 Å². The van der Waals surface area contributed by atoms with Crippen LogP contribution in [0, 0.1) is 13.8 Å². The van der Waals surface area contributed by atoms with E-state index in [4.69, 9.17) is 11.6 Å². The van der Waals surface area contributed by atoms with Gasteiger partial charge in [0.1, 0.15) is 13.1 Å². The van der Waals surface area contributed by atoms with Gasteiger partial charge in [-0.1, -0.05) is 41.9 Å². The van der Waals surface area contributed by atoms with Gasteiger partial charge in [0.25, 0.3) is 0 Å². The summed E-state index contributed by atoms with van der Waals surface area (Å²) in [5.74, 6) is 0. The quantitative estimate of drug-likeness (QED) is 0.723. The summed E-state index contributed by atoms with van der Waals surface area (Å²) in [6.07, 6.45) is 0. The fraction of sp³-hybridized carbons (Fsp3) is 0.286. The molecule has 0 amide bonds. The number of rotatable bonds is 5. The Kier molecular flexibility index (Phi) is 5.26. The lowest BCUT2D eigenvalue weighted by molar-refractivity contribution is -0.925. The molecular formula is C21H24ClN2O+. The zero-order valence-electron chi connectivity index (χ0n) is 14.9. The topological polar surface area (TPSA) is 37.3 Å². The fourth-order valence-electron chi connectivity index (χ4n) is 3.29. The van der Waals surface area contributed by atoms with E-state index in [1.807, 2.05) is 32.0 Å². The van der Waals surface area contributed by atoms with Crippen LogP contribution in [-0.4, -0.2) is 11.5 Å². The van der Waals surface area contributed by atoms with Crippen molar-refractivity contribution in [2.75, 3.05) is 6.54 Å². The van der Waals surface area contributed by atoms with Crippen LogP contribution >= 0.6 is 11.6 Å². The van der Waals surface area contributed by atoms with Crippen LogP contribution in [0.2, 0.25) is 5.02 Å². The smallest absolute Gasteiger partial charge is 0.198 e. The average Bonchev–Trinajstić information content (AvgIpc) is 2.62. The molecule has 25 heavy (non-hydrogen) atoms. The maximum atomic E-state index is 13.0. The standard InChI is InChI=1S/C21H23ClN2O/c1-4-24(12-16-8-6-5-7-9-16)13-18-15(3)23-20-14(2)19(22)11-10-17(20)21(18)25/h5-11H,4,12-13H2,1-3H3,(H,23,25)/p+1. The van der Waals surface area contributed by atoms with Crippen molar-refractivity contribution in [1.82, 2.24) is 4.98 Å². The van der Waals surface area contributed by atoms with Gasteiger partial charge in [0.2, 0.25) is 0 Å². The number of H-pyrrole nitrogens is 1. The van der Waals surface area contributed by atoms with Crippen LogP contribution < -0.4 is 10.3 Å². The summed E-state index contributed by atoms with van der Waals surface area (Å²) < 4.78 is 0. The number of aromatic nitrogens is 1. The highest BCUT2D eigenvalue weighted by Crippen LogP contribution is 2.22. The third kappa shape index (κ3) is 3.63. The predicted molar refractivity (Wildman–Crippen MR) is 104 cm³/mol. The number of hydrogen-bond donors (Lipinski definition) is 2. The molecule has 4 heteroatoms. The van der Waals surface area contributed by atoms with Gasteiger partial charge in [0.05, 0.1) is 17.6 Å². The lowest BCUT2D eigenvalue weighted by Gasteiger charge is -2.19. The van der Waals surface area contributed by atoms with Crippen molar-refractivity contribution < 1.29 is 4.90 Å². The Labute approximate surface area is 153 Å². The Morgan fingerprint density at radius 2 is 1.76 bits per heavy atom. The molecule has 0 aliphatic heterocycles. The molecule has 0 saturated heterocycles. The molecule has 0 saturated carbocycles. The highest BCUT2D eigenvalue weighted by molar-refractivity contribution is 6.32. The maximum absolute atomic E-state index is 13.0. The first-order chi connectivity index (χ1) is 12.0. The maximum Gasteiger partial charge on any atom is 0.198 e. The minimum Gasteiger partial charge on any atom is -0.358 e. The first-order valence-electron chi connectivity index (χ1n) is 8.69. The molecule has 1 unspecified atom stereocenters. The highest BCUT2D eigenvalue weighted by Gasteiger charge is 2.17. The van der Waals surface area contributed by atoms with Crippen molar-refractivity contribution in [1.29, 1.82) is 0 Å². The van der Waals surface area contributed by atoms with Gasteiger partial charge in [-0.15, -0.1) is 0 Å². The van der Waals surface area contributed by atoms with Crippen LogP contribution in [0.15, 0.2) is 47.3 Å². The molecule has 0 bridgehead atoms. The molecule has 0 fully saturated rings. The molecule has 1 heterocycles. The monoisotopic (exact) mass is 355 g/mol. The van der Waals surface area contributed by atoms with Crippen molar-refractivity contribution in [3.05, 3.63) is 80.1 Å². The predicted octanol–water partition coefficient (Wildman–Crippen LogP) is 3.40. The van der Waals surface area contributed by atoms with Crippen molar-refractivity contribution in [3.8, 4) is 0 Å². The summed E-state index contributed by atoms with van der Waals surface area (Å²) in [6, 6.07) is 14.1. The number of quaternary nitrogens is 1. The third-order valence-corrected chi connectivity index (χ3v) is 5.32. The lowest BCUT2D eigenvalue weighted by atomic mass is 10.0. The molecule has 3 nitrogen and oxygen atoms in total. The van der Waals surface area contributed by atoms with E-state index in [0.29, 0.717) is 11.6 Å². The van der Waals surface area contributed by atoms with E-state index in [1.165, 1.54) is 10.5 Å². The highest BCUT2D eigenvalue weighted by atomic mass is 35.5. The first-order valence-corrected chi connectivity index (χ1v) is 9.07. The second-order valence-electron chi connectivity index (χ2n) is 6.60. The molecule has 0 aliphatic carbocycles. The Balaban J connectivity index is 1.98. The van der Waals surface area contributed by atoms with E-state index in [2.05, 4.69) is 36.2 Å². The molecule has 1 atom stereocenters. The van der Waals surface area contributed by atoms with Gasteiger partial charge in [-0.25, -0.2) is 0 Å². The van der Waals surface area contributed by atoms with Gasteiger partial charge in [-0.3, -0.25) is 4.79 Å². The van der Waals surface area contributed by atoms with Crippen LogP contribution in [0.1, 0.15) is 29.3 Å². The zero-order chi connectivity index (χ0) is 18.0.